The number of fused-ring (bicyclic) bond motifs is 3. The summed E-state index contributed by atoms with van der Waals surface area (Å²) in [7, 11) is 0. The summed E-state index contributed by atoms with van der Waals surface area (Å²) in [5.74, 6) is 0.988. The number of rotatable bonds is 2. The van der Waals surface area contributed by atoms with E-state index in [1.54, 1.807) is 6.33 Å². The number of hydrogen-bond donors (Lipinski definition) is 1. The third-order valence-corrected chi connectivity index (χ3v) is 6.95. The van der Waals surface area contributed by atoms with Gasteiger partial charge in [-0.25, -0.2) is 4.98 Å². The molecule has 0 fully saturated rings. The van der Waals surface area contributed by atoms with Gasteiger partial charge in [-0.1, -0.05) is 26.0 Å². The standard InChI is InChI=1S/C27H28N4O/c1-27(2)9-7-22-21(15-27)25(8-10-28-22)31-11-12-32-26-6-4-18(13-20(26)16-31)19-3-5-23-24(14-19)30-17-29-23/h3-6,8,10,13-14,17H,7,9,11-12,15-16H2,1-2H3,(H,29,30). The van der Waals surface area contributed by atoms with Crippen molar-refractivity contribution in [1.82, 2.24) is 15.0 Å². The van der Waals surface area contributed by atoms with E-state index >= 15 is 0 Å². The van der Waals surface area contributed by atoms with Gasteiger partial charge in [0.1, 0.15) is 12.4 Å². The van der Waals surface area contributed by atoms with E-state index in [-0.39, 0.29) is 0 Å². The van der Waals surface area contributed by atoms with Crippen LogP contribution >= 0.6 is 0 Å². The second-order valence-corrected chi connectivity index (χ2v) is 9.82. The molecule has 0 atom stereocenters. The molecule has 6 rings (SSSR count). The molecule has 0 saturated heterocycles. The molecule has 1 aliphatic heterocycles. The van der Waals surface area contributed by atoms with Gasteiger partial charge in [0.05, 0.1) is 23.9 Å². The zero-order chi connectivity index (χ0) is 21.7. The number of pyridine rings is 1. The van der Waals surface area contributed by atoms with Gasteiger partial charge in [-0.15, -0.1) is 0 Å². The Labute approximate surface area is 188 Å². The Morgan fingerprint density at radius 1 is 1.03 bits per heavy atom. The first-order valence-corrected chi connectivity index (χ1v) is 11.5. The smallest absolute Gasteiger partial charge is 0.124 e. The fourth-order valence-corrected chi connectivity index (χ4v) is 5.15. The van der Waals surface area contributed by atoms with Crippen LogP contribution in [0.3, 0.4) is 0 Å². The lowest BCUT2D eigenvalue weighted by atomic mass is 9.75. The van der Waals surface area contributed by atoms with E-state index in [0.29, 0.717) is 12.0 Å². The number of ether oxygens (including phenoxy) is 1. The molecular weight excluding hydrogens is 396 g/mol. The molecule has 162 valence electrons. The maximum absolute atomic E-state index is 6.16. The van der Waals surface area contributed by atoms with Crippen molar-refractivity contribution in [2.75, 3.05) is 18.1 Å². The Morgan fingerprint density at radius 2 is 1.91 bits per heavy atom. The summed E-state index contributed by atoms with van der Waals surface area (Å²) in [6.45, 7) is 7.15. The van der Waals surface area contributed by atoms with E-state index in [0.717, 1.165) is 42.7 Å². The zero-order valence-corrected chi connectivity index (χ0v) is 18.7. The fraction of sp³-hybridized carbons (Fsp3) is 0.333. The molecule has 1 N–H and O–H groups in total. The molecule has 5 heteroatoms. The minimum atomic E-state index is 0.323. The molecule has 5 nitrogen and oxygen atoms in total. The second kappa shape index (κ2) is 7.37. The molecule has 2 aromatic heterocycles. The molecular formula is C27H28N4O. The molecule has 0 saturated carbocycles. The van der Waals surface area contributed by atoms with Gasteiger partial charge in [-0.3, -0.25) is 4.98 Å². The number of nitrogens with zero attached hydrogens (tertiary/aromatic N) is 3. The molecule has 0 radical (unpaired) electrons. The summed E-state index contributed by atoms with van der Waals surface area (Å²) in [5, 5.41) is 0. The molecule has 0 spiro atoms. The Hall–Kier alpha value is -3.34. The number of aryl methyl sites for hydroxylation is 1. The Bertz CT molecular complexity index is 1310. The molecule has 0 unspecified atom stereocenters. The van der Waals surface area contributed by atoms with Gasteiger partial charge in [0.25, 0.3) is 0 Å². The number of hydrogen-bond acceptors (Lipinski definition) is 4. The van der Waals surface area contributed by atoms with Gasteiger partial charge < -0.3 is 14.6 Å². The average molecular weight is 425 g/mol. The Kier molecular flexibility index (Phi) is 4.46. The van der Waals surface area contributed by atoms with E-state index in [4.69, 9.17) is 9.72 Å². The van der Waals surface area contributed by atoms with Crippen LogP contribution < -0.4 is 9.64 Å². The van der Waals surface area contributed by atoms with E-state index < -0.39 is 0 Å². The highest BCUT2D eigenvalue weighted by Crippen LogP contribution is 2.39. The van der Waals surface area contributed by atoms with Crippen molar-refractivity contribution >= 4 is 16.7 Å². The first-order valence-electron chi connectivity index (χ1n) is 11.5. The SMILES string of the molecule is CC1(C)CCc2nccc(N3CCOc4ccc(-c5ccc6nc[nH]c6c5)cc4C3)c2C1. The number of anilines is 1. The average Bonchev–Trinajstić information content (AvgIpc) is 3.16. The van der Waals surface area contributed by atoms with Crippen molar-refractivity contribution in [2.24, 2.45) is 5.41 Å². The van der Waals surface area contributed by atoms with Gasteiger partial charge in [-0.2, -0.15) is 0 Å². The monoisotopic (exact) mass is 424 g/mol. The van der Waals surface area contributed by atoms with Crippen molar-refractivity contribution in [3.63, 3.8) is 0 Å². The van der Waals surface area contributed by atoms with Crippen LogP contribution in [0.25, 0.3) is 22.2 Å². The van der Waals surface area contributed by atoms with Crippen molar-refractivity contribution in [3.8, 4) is 16.9 Å². The first kappa shape index (κ1) is 19.4. The van der Waals surface area contributed by atoms with Crippen molar-refractivity contribution in [3.05, 3.63) is 71.8 Å². The minimum absolute atomic E-state index is 0.323. The number of aromatic amines is 1. The molecule has 0 bridgehead atoms. The van der Waals surface area contributed by atoms with Crippen LogP contribution in [0.5, 0.6) is 5.75 Å². The molecule has 2 aliphatic rings. The Balaban J connectivity index is 1.36. The van der Waals surface area contributed by atoms with Crippen LogP contribution in [-0.2, 0) is 19.4 Å². The molecule has 1 aliphatic carbocycles. The lowest BCUT2D eigenvalue weighted by molar-refractivity contribution is 0.311. The topological polar surface area (TPSA) is 54.0 Å². The fourth-order valence-electron chi connectivity index (χ4n) is 5.15. The van der Waals surface area contributed by atoms with Crippen LogP contribution in [0, 0.1) is 5.41 Å². The number of imidazole rings is 1. The highest BCUT2D eigenvalue weighted by atomic mass is 16.5. The van der Waals surface area contributed by atoms with Gasteiger partial charge in [0, 0.05) is 29.7 Å². The largest absolute Gasteiger partial charge is 0.491 e. The lowest BCUT2D eigenvalue weighted by Gasteiger charge is -2.34. The molecule has 0 amide bonds. The summed E-state index contributed by atoms with van der Waals surface area (Å²) in [5.41, 5.74) is 10.00. The summed E-state index contributed by atoms with van der Waals surface area (Å²) in [6, 6.07) is 15.1. The highest BCUT2D eigenvalue weighted by molar-refractivity contribution is 5.81. The minimum Gasteiger partial charge on any atom is -0.491 e. The molecule has 2 aromatic carbocycles. The number of H-pyrrole nitrogens is 1. The van der Waals surface area contributed by atoms with Gasteiger partial charge in [0.2, 0.25) is 0 Å². The van der Waals surface area contributed by atoms with Crippen LogP contribution in [0.2, 0.25) is 0 Å². The molecule has 3 heterocycles. The first-order chi connectivity index (χ1) is 15.6. The maximum Gasteiger partial charge on any atom is 0.124 e. The normalized spacial score (nSPS) is 17.4. The number of benzene rings is 2. The van der Waals surface area contributed by atoms with Crippen LogP contribution in [0.4, 0.5) is 5.69 Å². The molecule has 4 aromatic rings. The third-order valence-electron chi connectivity index (χ3n) is 6.95. The van der Waals surface area contributed by atoms with Crippen LogP contribution in [-0.4, -0.2) is 28.1 Å². The quantitative estimate of drug-likeness (QED) is 0.459. The highest BCUT2D eigenvalue weighted by Gasteiger charge is 2.29. The van der Waals surface area contributed by atoms with Gasteiger partial charge >= 0.3 is 0 Å². The van der Waals surface area contributed by atoms with Crippen LogP contribution in [0.1, 0.15) is 37.1 Å². The second-order valence-electron chi connectivity index (χ2n) is 9.82. The number of nitrogens with one attached hydrogen (secondary N) is 1. The zero-order valence-electron chi connectivity index (χ0n) is 18.7. The predicted octanol–water partition coefficient (Wildman–Crippen LogP) is 5.54. The van der Waals surface area contributed by atoms with Crippen molar-refractivity contribution < 1.29 is 4.74 Å². The third kappa shape index (κ3) is 3.42. The molecule has 32 heavy (non-hydrogen) atoms. The predicted molar refractivity (Wildman–Crippen MR) is 128 cm³/mol. The summed E-state index contributed by atoms with van der Waals surface area (Å²) >= 11 is 0. The van der Waals surface area contributed by atoms with Crippen molar-refractivity contribution in [1.29, 1.82) is 0 Å². The summed E-state index contributed by atoms with van der Waals surface area (Å²) < 4.78 is 6.16. The summed E-state index contributed by atoms with van der Waals surface area (Å²) in [6.07, 6.45) is 7.08. The maximum atomic E-state index is 6.16. The van der Waals surface area contributed by atoms with E-state index in [1.165, 1.54) is 40.1 Å². The van der Waals surface area contributed by atoms with Gasteiger partial charge in [-0.05, 0) is 71.7 Å². The van der Waals surface area contributed by atoms with E-state index in [1.807, 2.05) is 6.20 Å². The Morgan fingerprint density at radius 3 is 2.84 bits per heavy atom. The number of aromatic nitrogens is 3. The summed E-state index contributed by atoms with van der Waals surface area (Å²) in [4.78, 5) is 14.8. The van der Waals surface area contributed by atoms with Gasteiger partial charge in [0.15, 0.2) is 0 Å². The van der Waals surface area contributed by atoms with E-state index in [2.05, 4.69) is 71.2 Å². The van der Waals surface area contributed by atoms with Crippen molar-refractivity contribution in [2.45, 2.75) is 39.7 Å². The van der Waals surface area contributed by atoms with Crippen LogP contribution in [0.15, 0.2) is 55.0 Å². The van der Waals surface area contributed by atoms with E-state index in [9.17, 15) is 0 Å². The lowest BCUT2D eigenvalue weighted by Crippen LogP contribution is -2.30.